The standard InChI is InChI=1S/2C5H5.BrCl.Ti/c2*1-2-4-5-3-1;1-2;/h2*1-3H,4H2;;/q2*-1;;+2. The fourth-order valence-electron chi connectivity index (χ4n) is 0.680. The molecule has 2 rings (SSSR count). The molecule has 3 heteroatoms. The van der Waals surface area contributed by atoms with E-state index in [1.807, 2.05) is 24.3 Å². The Morgan fingerprint density at radius 2 is 1.31 bits per heavy atom. The van der Waals surface area contributed by atoms with E-state index in [-0.39, 0.29) is 21.7 Å². The molecule has 0 fully saturated rings. The van der Waals surface area contributed by atoms with Crippen LogP contribution in [0.3, 0.4) is 0 Å². The van der Waals surface area contributed by atoms with Crippen LogP contribution in [0.5, 0.6) is 0 Å². The van der Waals surface area contributed by atoms with E-state index in [2.05, 4.69) is 49.4 Å². The summed E-state index contributed by atoms with van der Waals surface area (Å²) in [5.41, 5.74) is 0. The second kappa shape index (κ2) is 14.9. The molecule has 2 aliphatic carbocycles. The van der Waals surface area contributed by atoms with Crippen LogP contribution in [0, 0.1) is 12.2 Å². The van der Waals surface area contributed by atoms with Crippen molar-refractivity contribution in [3.63, 3.8) is 0 Å². The number of allylic oxidation sites excluding steroid dienone is 8. The summed E-state index contributed by atoms with van der Waals surface area (Å²) in [7, 11) is 4.45. The Bertz CT molecular complexity index is 153. The molecule has 0 saturated heterocycles. The van der Waals surface area contributed by atoms with E-state index >= 15 is 0 Å². The van der Waals surface area contributed by atoms with E-state index in [9.17, 15) is 0 Å². The third-order valence-corrected chi connectivity index (χ3v) is 1.17. The summed E-state index contributed by atoms with van der Waals surface area (Å²) in [6, 6.07) is 0. The number of hydrogen-bond acceptors (Lipinski definition) is 0. The molecule has 0 nitrogen and oxygen atoms in total. The first kappa shape index (κ1) is 15.9. The van der Waals surface area contributed by atoms with Crippen LogP contribution in [-0.2, 0) is 21.7 Å². The Hall–Kier alpha value is 0.444. The van der Waals surface area contributed by atoms with Crippen LogP contribution < -0.4 is 0 Å². The summed E-state index contributed by atoms with van der Waals surface area (Å²) < 4.78 is 0. The SMILES string of the molecule is ClBr.[C-]1=CC=CC1.[C-]1=CC=CC1.[Ti+2]. The zero-order chi connectivity index (χ0) is 9.07. The predicted molar refractivity (Wildman–Crippen MR) is 57.9 cm³/mol. The van der Waals surface area contributed by atoms with Crippen LogP contribution in [0.25, 0.3) is 0 Å². The van der Waals surface area contributed by atoms with Gasteiger partial charge in [0, 0.05) is 15.0 Å². The summed E-state index contributed by atoms with van der Waals surface area (Å²) in [5, 5.41) is 0. The molecule has 0 radical (unpaired) electrons. The van der Waals surface area contributed by atoms with E-state index < -0.39 is 0 Å². The maximum Gasteiger partial charge on any atom is 2.00 e. The largest absolute Gasteiger partial charge is 2.00 e. The van der Waals surface area contributed by atoms with Gasteiger partial charge in [-0.15, -0.1) is 12.8 Å². The molecule has 13 heavy (non-hydrogen) atoms. The Morgan fingerprint density at radius 1 is 0.923 bits per heavy atom. The summed E-state index contributed by atoms with van der Waals surface area (Å²) in [6.07, 6.45) is 20.0. The van der Waals surface area contributed by atoms with Crippen molar-refractivity contribution in [1.82, 2.24) is 0 Å². The van der Waals surface area contributed by atoms with Crippen LogP contribution in [0.15, 0.2) is 36.5 Å². The first-order valence-corrected chi connectivity index (χ1v) is 5.66. The summed E-state index contributed by atoms with van der Waals surface area (Å²) in [4.78, 5) is 0. The first-order chi connectivity index (χ1) is 6.00. The van der Waals surface area contributed by atoms with E-state index in [1.54, 1.807) is 0 Å². The van der Waals surface area contributed by atoms with Crippen LogP contribution in [0.1, 0.15) is 12.8 Å². The van der Waals surface area contributed by atoms with Crippen molar-refractivity contribution >= 4 is 25.1 Å². The van der Waals surface area contributed by atoms with E-state index in [0.29, 0.717) is 0 Å². The summed E-state index contributed by atoms with van der Waals surface area (Å²) >= 11 is 2.41. The van der Waals surface area contributed by atoms with Crippen molar-refractivity contribution < 1.29 is 21.7 Å². The number of halogens is 2. The molecule has 0 N–H and O–H groups in total. The smallest absolute Gasteiger partial charge is 0.273 e. The zero-order valence-electron chi connectivity index (χ0n) is 7.13. The van der Waals surface area contributed by atoms with E-state index in [1.165, 1.54) is 0 Å². The minimum absolute atomic E-state index is 0. The molecular formula is C10H10BrClTi. The molecular weight excluding hydrogens is 283 g/mol. The van der Waals surface area contributed by atoms with Gasteiger partial charge in [-0.1, -0.05) is 0 Å². The van der Waals surface area contributed by atoms with Crippen molar-refractivity contribution in [2.75, 3.05) is 0 Å². The first-order valence-electron chi connectivity index (χ1n) is 3.58. The predicted octanol–water partition coefficient (Wildman–Crippen LogP) is 4.14. The molecule has 0 saturated carbocycles. The molecule has 68 valence electrons. The fourth-order valence-corrected chi connectivity index (χ4v) is 0.680. The van der Waals surface area contributed by atoms with Gasteiger partial charge in [-0.2, -0.15) is 12.2 Å². The van der Waals surface area contributed by atoms with Gasteiger partial charge in [-0.05, 0) is 10.1 Å². The maximum absolute atomic E-state index is 4.45. The zero-order valence-corrected chi connectivity index (χ0v) is 11.0. The maximum atomic E-state index is 4.45. The van der Waals surface area contributed by atoms with Gasteiger partial charge in [0.15, 0.2) is 0 Å². The molecule has 0 atom stereocenters. The fraction of sp³-hybridized carbons (Fsp3) is 0.200. The molecule has 0 aromatic heterocycles. The summed E-state index contributed by atoms with van der Waals surface area (Å²) in [5.74, 6) is 0. The third-order valence-electron chi connectivity index (χ3n) is 1.17. The molecule has 0 unspecified atom stereocenters. The average molecular weight is 293 g/mol. The van der Waals surface area contributed by atoms with Crippen LogP contribution >= 0.6 is 25.1 Å². The number of rotatable bonds is 0. The third kappa shape index (κ3) is 12.4. The second-order valence-corrected chi connectivity index (χ2v) is 2.01. The monoisotopic (exact) mass is 292 g/mol. The molecule has 0 aromatic carbocycles. The van der Waals surface area contributed by atoms with E-state index in [4.69, 9.17) is 0 Å². The normalized spacial score (nSPS) is 14.0. The molecule has 0 heterocycles. The van der Waals surface area contributed by atoms with E-state index in [0.717, 1.165) is 12.8 Å². The van der Waals surface area contributed by atoms with Crippen molar-refractivity contribution in [3.8, 4) is 0 Å². The van der Waals surface area contributed by atoms with Crippen molar-refractivity contribution in [2.45, 2.75) is 12.8 Å². The Balaban J connectivity index is 0. The quantitative estimate of drug-likeness (QED) is 0.465. The molecule has 0 bridgehead atoms. The van der Waals surface area contributed by atoms with Gasteiger partial charge < -0.3 is 0 Å². The Morgan fingerprint density at radius 3 is 1.38 bits per heavy atom. The molecule has 0 aromatic rings. The van der Waals surface area contributed by atoms with Crippen molar-refractivity contribution in [1.29, 1.82) is 0 Å². The Labute approximate surface area is 108 Å². The Kier molecular flexibility index (Phi) is 18.3. The van der Waals surface area contributed by atoms with Gasteiger partial charge in [0.2, 0.25) is 0 Å². The minimum Gasteiger partial charge on any atom is -0.273 e. The molecule has 0 aliphatic heterocycles. The molecule has 0 spiro atoms. The van der Waals surface area contributed by atoms with Gasteiger partial charge in [0.1, 0.15) is 0 Å². The van der Waals surface area contributed by atoms with Crippen LogP contribution in [0.4, 0.5) is 0 Å². The van der Waals surface area contributed by atoms with Crippen LogP contribution in [-0.4, -0.2) is 0 Å². The van der Waals surface area contributed by atoms with Gasteiger partial charge in [0.25, 0.3) is 0 Å². The average Bonchev–Trinajstić information content (AvgIpc) is 2.87. The molecule has 2 aliphatic rings. The van der Waals surface area contributed by atoms with Gasteiger partial charge in [0.05, 0.1) is 0 Å². The van der Waals surface area contributed by atoms with Gasteiger partial charge in [-0.25, -0.2) is 24.3 Å². The summed E-state index contributed by atoms with van der Waals surface area (Å²) in [6.45, 7) is 0. The van der Waals surface area contributed by atoms with Gasteiger partial charge >= 0.3 is 21.7 Å². The van der Waals surface area contributed by atoms with Crippen molar-refractivity contribution in [2.24, 2.45) is 0 Å². The topological polar surface area (TPSA) is 0 Å². The number of hydrogen-bond donors (Lipinski definition) is 0. The minimum atomic E-state index is 0. The van der Waals surface area contributed by atoms with Gasteiger partial charge in [-0.3, -0.25) is 12.2 Å². The van der Waals surface area contributed by atoms with Crippen molar-refractivity contribution in [3.05, 3.63) is 48.6 Å². The van der Waals surface area contributed by atoms with Crippen LogP contribution in [0.2, 0.25) is 0 Å². The second-order valence-electron chi connectivity index (χ2n) is 2.01. The molecule has 0 amide bonds.